The average Bonchev–Trinajstić information content (AvgIpc) is 3.28. The van der Waals surface area contributed by atoms with E-state index in [1.54, 1.807) is 0 Å². The van der Waals surface area contributed by atoms with Crippen molar-refractivity contribution in [3.63, 3.8) is 0 Å². The van der Waals surface area contributed by atoms with Crippen LogP contribution in [0.5, 0.6) is 0 Å². The third-order valence-corrected chi connectivity index (χ3v) is 5.40. The molecule has 0 unspecified atom stereocenters. The number of benzene rings is 1. The summed E-state index contributed by atoms with van der Waals surface area (Å²) in [6, 6.07) is 10.2. The highest BCUT2D eigenvalue weighted by molar-refractivity contribution is 5.82. The minimum atomic E-state index is 0.801. The van der Waals surface area contributed by atoms with Gasteiger partial charge in [0.25, 0.3) is 0 Å². The zero-order valence-corrected chi connectivity index (χ0v) is 16.3. The van der Waals surface area contributed by atoms with Gasteiger partial charge in [-0.15, -0.1) is 0 Å². The van der Waals surface area contributed by atoms with E-state index in [1.165, 1.54) is 31.7 Å². The van der Waals surface area contributed by atoms with Crippen molar-refractivity contribution in [3.05, 3.63) is 42.1 Å². The lowest BCUT2D eigenvalue weighted by Crippen LogP contribution is -2.47. The van der Waals surface area contributed by atoms with E-state index in [9.17, 15) is 0 Å². The normalized spacial score (nSPS) is 16.4. The van der Waals surface area contributed by atoms with Gasteiger partial charge in [-0.05, 0) is 18.7 Å². The zero-order valence-electron chi connectivity index (χ0n) is 16.3. The number of aromatic nitrogens is 2. The van der Waals surface area contributed by atoms with Gasteiger partial charge in [-0.25, -0.2) is 0 Å². The number of hydrogen-bond acceptors (Lipinski definition) is 5. The first-order valence-corrected chi connectivity index (χ1v) is 9.90. The number of furan rings is 1. The Morgan fingerprint density at radius 1 is 1.11 bits per heavy atom. The van der Waals surface area contributed by atoms with Gasteiger partial charge in [0.2, 0.25) is 0 Å². The van der Waals surface area contributed by atoms with Crippen molar-refractivity contribution in [2.24, 2.45) is 7.05 Å². The van der Waals surface area contributed by atoms with Crippen LogP contribution in [0, 0.1) is 0 Å². The monoisotopic (exact) mass is 367 g/mol. The fraction of sp³-hybridized carbons (Fsp3) is 0.476. The average molecular weight is 367 g/mol. The van der Waals surface area contributed by atoms with Crippen LogP contribution in [0.1, 0.15) is 12.5 Å². The minimum absolute atomic E-state index is 0.801. The van der Waals surface area contributed by atoms with Crippen molar-refractivity contribution in [2.75, 3.05) is 45.8 Å². The van der Waals surface area contributed by atoms with Crippen molar-refractivity contribution in [2.45, 2.75) is 13.5 Å². The van der Waals surface area contributed by atoms with Gasteiger partial charge in [0, 0.05) is 70.0 Å². The van der Waals surface area contributed by atoms with Crippen LogP contribution in [0.3, 0.4) is 0 Å². The summed E-state index contributed by atoms with van der Waals surface area (Å²) in [5, 5.41) is 9.32. The Morgan fingerprint density at radius 3 is 2.67 bits per heavy atom. The summed E-state index contributed by atoms with van der Waals surface area (Å²) in [4.78, 5) is 5.06. The Balaban J connectivity index is 1.34. The maximum absolute atomic E-state index is 6.01. The van der Waals surface area contributed by atoms with Gasteiger partial charge >= 0.3 is 0 Å². The molecule has 1 aliphatic rings. The van der Waals surface area contributed by atoms with E-state index in [1.807, 2.05) is 29.9 Å². The Labute approximate surface area is 160 Å². The van der Waals surface area contributed by atoms with Crippen LogP contribution >= 0.6 is 0 Å². The fourth-order valence-corrected chi connectivity index (χ4v) is 3.76. The number of nitrogens with zero attached hydrogens (tertiary/aromatic N) is 4. The molecule has 144 valence electrons. The molecule has 0 saturated carbocycles. The van der Waals surface area contributed by atoms with Crippen LogP contribution in [0.2, 0.25) is 0 Å². The highest BCUT2D eigenvalue weighted by Gasteiger charge is 2.16. The quantitative estimate of drug-likeness (QED) is 0.651. The molecule has 1 saturated heterocycles. The standard InChI is InChI=1S/C21H29N5O/c1-3-25-10-12-26(13-11-25)9-8-22-15-18-16-24(2)23-21(18)20-14-17-6-4-5-7-19(17)27-20/h4-7,14,16,22H,3,8-13,15H2,1-2H3. The van der Waals surface area contributed by atoms with Gasteiger partial charge in [0.05, 0.1) is 0 Å². The van der Waals surface area contributed by atoms with E-state index >= 15 is 0 Å². The number of likely N-dealkylation sites (N-methyl/N-ethyl adjacent to an activating group) is 1. The fourth-order valence-electron chi connectivity index (χ4n) is 3.76. The van der Waals surface area contributed by atoms with Gasteiger partial charge in [0.1, 0.15) is 11.3 Å². The molecule has 1 N–H and O–H groups in total. The minimum Gasteiger partial charge on any atom is -0.454 e. The molecule has 3 aromatic rings. The number of nitrogens with one attached hydrogen (secondary N) is 1. The predicted octanol–water partition coefficient (Wildman–Crippen LogP) is 2.56. The van der Waals surface area contributed by atoms with Crippen molar-refractivity contribution in [1.82, 2.24) is 24.9 Å². The van der Waals surface area contributed by atoms with Gasteiger partial charge in [-0.1, -0.05) is 25.1 Å². The molecule has 2 aromatic heterocycles. The summed E-state index contributed by atoms with van der Waals surface area (Å²) in [7, 11) is 1.96. The molecule has 3 heterocycles. The highest BCUT2D eigenvalue weighted by Crippen LogP contribution is 2.28. The van der Waals surface area contributed by atoms with Crippen molar-refractivity contribution in [3.8, 4) is 11.5 Å². The molecule has 1 fully saturated rings. The third-order valence-electron chi connectivity index (χ3n) is 5.40. The largest absolute Gasteiger partial charge is 0.454 e. The number of piperazine rings is 1. The summed E-state index contributed by atoms with van der Waals surface area (Å²) in [5.74, 6) is 0.837. The molecule has 0 aliphatic carbocycles. The Morgan fingerprint density at radius 2 is 1.89 bits per heavy atom. The predicted molar refractivity (Wildman–Crippen MR) is 109 cm³/mol. The SMILES string of the molecule is CCN1CCN(CCNCc2cn(C)nc2-c2cc3ccccc3o2)CC1. The second-order valence-corrected chi connectivity index (χ2v) is 7.28. The number of rotatable bonds is 7. The second kappa shape index (κ2) is 8.25. The molecular formula is C21H29N5O. The highest BCUT2D eigenvalue weighted by atomic mass is 16.3. The van der Waals surface area contributed by atoms with Gasteiger partial charge in [-0.3, -0.25) is 9.58 Å². The first kappa shape index (κ1) is 18.2. The summed E-state index contributed by atoms with van der Waals surface area (Å²) in [6.45, 7) is 11.0. The number of aryl methyl sites for hydroxylation is 1. The Hall–Kier alpha value is -2.15. The Kier molecular flexibility index (Phi) is 5.57. The van der Waals surface area contributed by atoms with Crippen LogP contribution in [0.25, 0.3) is 22.4 Å². The molecule has 6 nitrogen and oxygen atoms in total. The topological polar surface area (TPSA) is 49.5 Å². The van der Waals surface area contributed by atoms with Crippen molar-refractivity contribution >= 4 is 11.0 Å². The van der Waals surface area contributed by atoms with E-state index in [0.29, 0.717) is 0 Å². The van der Waals surface area contributed by atoms with Crippen molar-refractivity contribution < 1.29 is 4.42 Å². The van der Waals surface area contributed by atoms with E-state index in [-0.39, 0.29) is 0 Å². The zero-order chi connectivity index (χ0) is 18.6. The molecule has 4 rings (SSSR count). The second-order valence-electron chi connectivity index (χ2n) is 7.28. The maximum atomic E-state index is 6.01. The van der Waals surface area contributed by atoms with Gasteiger partial charge in [0.15, 0.2) is 5.76 Å². The van der Waals surface area contributed by atoms with Crippen LogP contribution in [0.4, 0.5) is 0 Å². The molecule has 27 heavy (non-hydrogen) atoms. The van der Waals surface area contributed by atoms with E-state index in [4.69, 9.17) is 4.42 Å². The lowest BCUT2D eigenvalue weighted by molar-refractivity contribution is 0.138. The van der Waals surface area contributed by atoms with Crippen LogP contribution < -0.4 is 5.32 Å². The summed E-state index contributed by atoms with van der Waals surface area (Å²) >= 11 is 0. The molecule has 0 spiro atoms. The molecule has 6 heteroatoms. The molecule has 0 atom stereocenters. The van der Waals surface area contributed by atoms with Crippen LogP contribution in [-0.4, -0.2) is 65.4 Å². The summed E-state index contributed by atoms with van der Waals surface area (Å²) in [5.41, 5.74) is 3.01. The van der Waals surface area contributed by atoms with Crippen molar-refractivity contribution in [1.29, 1.82) is 0 Å². The molecule has 0 amide bonds. The number of hydrogen-bond donors (Lipinski definition) is 1. The summed E-state index contributed by atoms with van der Waals surface area (Å²) < 4.78 is 7.88. The van der Waals surface area contributed by atoms with Gasteiger partial charge < -0.3 is 14.6 Å². The third kappa shape index (κ3) is 4.24. The molecule has 1 aromatic carbocycles. The molecular weight excluding hydrogens is 338 g/mol. The lowest BCUT2D eigenvalue weighted by atomic mass is 10.2. The van der Waals surface area contributed by atoms with E-state index < -0.39 is 0 Å². The molecule has 0 radical (unpaired) electrons. The van der Waals surface area contributed by atoms with Crippen LogP contribution in [-0.2, 0) is 13.6 Å². The summed E-state index contributed by atoms with van der Waals surface area (Å²) in [6.07, 6.45) is 2.08. The first-order chi connectivity index (χ1) is 13.2. The Bertz CT molecular complexity index is 843. The first-order valence-electron chi connectivity index (χ1n) is 9.90. The molecule has 0 bridgehead atoms. The number of para-hydroxylation sites is 1. The lowest BCUT2D eigenvalue weighted by Gasteiger charge is -2.33. The van der Waals surface area contributed by atoms with Gasteiger partial charge in [-0.2, -0.15) is 5.10 Å². The smallest absolute Gasteiger partial charge is 0.156 e. The molecule has 1 aliphatic heterocycles. The van der Waals surface area contributed by atoms with E-state index in [2.05, 4.69) is 45.5 Å². The van der Waals surface area contributed by atoms with E-state index in [0.717, 1.165) is 48.6 Å². The van der Waals surface area contributed by atoms with Crippen LogP contribution in [0.15, 0.2) is 40.9 Å². The number of fused-ring (bicyclic) bond motifs is 1. The maximum Gasteiger partial charge on any atom is 0.156 e.